The van der Waals surface area contributed by atoms with Crippen molar-refractivity contribution in [2.24, 2.45) is 0 Å². The van der Waals surface area contributed by atoms with Gasteiger partial charge in [0.25, 0.3) is 0 Å². The van der Waals surface area contributed by atoms with Crippen LogP contribution in [0.4, 0.5) is 0 Å². The SMILES string of the molecule is O=C(NCC[C@H]1CCCN1)C1(c2ccccc2)CC1. The fourth-order valence-electron chi connectivity index (χ4n) is 3.06. The molecule has 2 aliphatic rings. The number of hydrogen-bond acceptors (Lipinski definition) is 2. The summed E-state index contributed by atoms with van der Waals surface area (Å²) in [5, 5.41) is 6.60. The van der Waals surface area contributed by atoms with Gasteiger partial charge in [-0.2, -0.15) is 0 Å². The van der Waals surface area contributed by atoms with Gasteiger partial charge in [0.1, 0.15) is 0 Å². The van der Waals surface area contributed by atoms with Crippen molar-refractivity contribution >= 4 is 5.91 Å². The first-order chi connectivity index (χ1) is 9.31. The molecule has 2 fully saturated rings. The van der Waals surface area contributed by atoms with Crippen LogP contribution in [0.3, 0.4) is 0 Å². The average Bonchev–Trinajstić information content (AvgIpc) is 3.11. The molecule has 0 bridgehead atoms. The van der Waals surface area contributed by atoms with Gasteiger partial charge in [-0.15, -0.1) is 0 Å². The van der Waals surface area contributed by atoms with Crippen molar-refractivity contribution in [2.45, 2.75) is 43.6 Å². The lowest BCUT2D eigenvalue weighted by molar-refractivity contribution is -0.123. The lowest BCUT2D eigenvalue weighted by Crippen LogP contribution is -2.37. The van der Waals surface area contributed by atoms with Gasteiger partial charge in [0, 0.05) is 12.6 Å². The number of carbonyl (C=O) groups excluding carboxylic acids is 1. The van der Waals surface area contributed by atoms with Crippen LogP contribution in [0.2, 0.25) is 0 Å². The highest BCUT2D eigenvalue weighted by Crippen LogP contribution is 2.48. The molecule has 102 valence electrons. The van der Waals surface area contributed by atoms with E-state index in [1.54, 1.807) is 0 Å². The van der Waals surface area contributed by atoms with Crippen molar-refractivity contribution in [3.05, 3.63) is 35.9 Å². The van der Waals surface area contributed by atoms with E-state index < -0.39 is 0 Å². The van der Waals surface area contributed by atoms with E-state index in [1.807, 2.05) is 18.2 Å². The van der Waals surface area contributed by atoms with Gasteiger partial charge >= 0.3 is 0 Å². The molecule has 1 aliphatic heterocycles. The molecule has 0 unspecified atom stereocenters. The zero-order valence-electron chi connectivity index (χ0n) is 11.3. The Balaban J connectivity index is 1.52. The van der Waals surface area contributed by atoms with E-state index in [0.717, 1.165) is 32.4 Å². The molecule has 0 spiro atoms. The van der Waals surface area contributed by atoms with E-state index >= 15 is 0 Å². The van der Waals surface area contributed by atoms with E-state index in [4.69, 9.17) is 0 Å². The van der Waals surface area contributed by atoms with Gasteiger partial charge in [0.2, 0.25) is 5.91 Å². The summed E-state index contributed by atoms with van der Waals surface area (Å²) in [6, 6.07) is 10.8. The fraction of sp³-hybridized carbons (Fsp3) is 0.562. The molecule has 1 atom stereocenters. The first-order valence-corrected chi connectivity index (χ1v) is 7.38. The summed E-state index contributed by atoms with van der Waals surface area (Å²) in [5.41, 5.74) is 0.955. The highest BCUT2D eigenvalue weighted by Gasteiger charge is 2.50. The lowest BCUT2D eigenvalue weighted by atomic mass is 9.95. The van der Waals surface area contributed by atoms with E-state index in [-0.39, 0.29) is 11.3 Å². The van der Waals surface area contributed by atoms with Crippen LogP contribution in [0.25, 0.3) is 0 Å². The van der Waals surface area contributed by atoms with Gasteiger partial charge in [0.05, 0.1) is 5.41 Å². The molecule has 1 amide bonds. The maximum Gasteiger partial charge on any atom is 0.230 e. The molecular formula is C16H22N2O. The topological polar surface area (TPSA) is 41.1 Å². The summed E-state index contributed by atoms with van der Waals surface area (Å²) in [6.45, 7) is 1.93. The molecule has 1 aromatic carbocycles. The van der Waals surface area contributed by atoms with Crippen molar-refractivity contribution in [2.75, 3.05) is 13.1 Å². The minimum atomic E-state index is -0.218. The standard InChI is InChI=1S/C16H22N2O/c19-15(18-12-8-14-7-4-11-17-14)16(9-10-16)13-5-2-1-3-6-13/h1-3,5-6,14,17H,4,7-12H2,(H,18,19)/t14-/m1/s1. The van der Waals surface area contributed by atoms with Crippen molar-refractivity contribution < 1.29 is 4.79 Å². The first-order valence-electron chi connectivity index (χ1n) is 7.38. The minimum Gasteiger partial charge on any atom is -0.355 e. The minimum absolute atomic E-state index is 0.218. The van der Waals surface area contributed by atoms with Crippen LogP contribution in [0.1, 0.15) is 37.7 Å². The summed E-state index contributed by atoms with van der Waals surface area (Å²) in [6.07, 6.45) is 5.55. The maximum absolute atomic E-state index is 12.4. The van der Waals surface area contributed by atoms with Crippen LogP contribution in [0.15, 0.2) is 30.3 Å². The molecule has 3 rings (SSSR count). The smallest absolute Gasteiger partial charge is 0.230 e. The van der Waals surface area contributed by atoms with Crippen molar-refractivity contribution in [1.82, 2.24) is 10.6 Å². The lowest BCUT2D eigenvalue weighted by Gasteiger charge is -2.17. The van der Waals surface area contributed by atoms with Crippen LogP contribution in [-0.2, 0) is 10.2 Å². The molecule has 0 aromatic heterocycles. The molecule has 1 aromatic rings. The van der Waals surface area contributed by atoms with Gasteiger partial charge < -0.3 is 10.6 Å². The Morgan fingerprint density at radius 2 is 2.11 bits per heavy atom. The Morgan fingerprint density at radius 1 is 1.32 bits per heavy atom. The summed E-state index contributed by atoms with van der Waals surface area (Å²) in [4.78, 5) is 12.4. The third-order valence-electron chi connectivity index (χ3n) is 4.45. The fourth-order valence-corrected chi connectivity index (χ4v) is 3.06. The molecule has 1 saturated heterocycles. The Bertz CT molecular complexity index is 433. The number of amides is 1. The second kappa shape index (κ2) is 5.33. The van der Waals surface area contributed by atoms with E-state index in [1.165, 1.54) is 18.4 Å². The predicted octanol–water partition coefficient (Wildman–Crippen LogP) is 1.98. The Kier molecular flexibility index (Phi) is 3.56. The predicted molar refractivity (Wildman–Crippen MR) is 76.0 cm³/mol. The van der Waals surface area contributed by atoms with Crippen LogP contribution in [0.5, 0.6) is 0 Å². The molecule has 1 saturated carbocycles. The second-order valence-corrected chi connectivity index (χ2v) is 5.79. The molecule has 1 heterocycles. The highest BCUT2D eigenvalue weighted by atomic mass is 16.2. The van der Waals surface area contributed by atoms with Gasteiger partial charge in [-0.05, 0) is 44.2 Å². The zero-order valence-corrected chi connectivity index (χ0v) is 11.3. The van der Waals surface area contributed by atoms with E-state index in [9.17, 15) is 4.79 Å². The molecule has 3 nitrogen and oxygen atoms in total. The van der Waals surface area contributed by atoms with Gasteiger partial charge in [-0.3, -0.25) is 4.79 Å². The Morgan fingerprint density at radius 3 is 2.74 bits per heavy atom. The Labute approximate surface area is 114 Å². The zero-order chi connectivity index (χ0) is 13.1. The van der Waals surface area contributed by atoms with Crippen LogP contribution in [-0.4, -0.2) is 25.0 Å². The highest BCUT2D eigenvalue weighted by molar-refractivity contribution is 5.91. The maximum atomic E-state index is 12.4. The number of benzene rings is 1. The summed E-state index contributed by atoms with van der Waals surface area (Å²) in [7, 11) is 0. The summed E-state index contributed by atoms with van der Waals surface area (Å²) in [5.74, 6) is 0.219. The van der Waals surface area contributed by atoms with Crippen molar-refractivity contribution in [3.63, 3.8) is 0 Å². The number of hydrogen-bond donors (Lipinski definition) is 2. The molecule has 1 aliphatic carbocycles. The molecule has 0 radical (unpaired) electrons. The number of nitrogens with one attached hydrogen (secondary N) is 2. The third-order valence-corrected chi connectivity index (χ3v) is 4.45. The van der Waals surface area contributed by atoms with Gasteiger partial charge in [0.15, 0.2) is 0 Å². The average molecular weight is 258 g/mol. The van der Waals surface area contributed by atoms with Gasteiger partial charge in [-0.1, -0.05) is 30.3 Å². The quantitative estimate of drug-likeness (QED) is 0.848. The van der Waals surface area contributed by atoms with Crippen molar-refractivity contribution in [3.8, 4) is 0 Å². The number of rotatable bonds is 5. The molecule has 3 heteroatoms. The summed E-state index contributed by atoms with van der Waals surface area (Å²) < 4.78 is 0. The molecule has 19 heavy (non-hydrogen) atoms. The largest absolute Gasteiger partial charge is 0.355 e. The van der Waals surface area contributed by atoms with Crippen LogP contribution >= 0.6 is 0 Å². The first kappa shape index (κ1) is 12.7. The number of carbonyl (C=O) groups is 1. The molecule has 2 N–H and O–H groups in total. The van der Waals surface area contributed by atoms with Crippen LogP contribution in [0, 0.1) is 0 Å². The summed E-state index contributed by atoms with van der Waals surface area (Å²) >= 11 is 0. The van der Waals surface area contributed by atoms with E-state index in [2.05, 4.69) is 22.8 Å². The second-order valence-electron chi connectivity index (χ2n) is 5.79. The third kappa shape index (κ3) is 2.66. The van der Waals surface area contributed by atoms with Crippen molar-refractivity contribution in [1.29, 1.82) is 0 Å². The van der Waals surface area contributed by atoms with Crippen LogP contribution < -0.4 is 10.6 Å². The normalized spacial score (nSPS) is 24.1. The van der Waals surface area contributed by atoms with Gasteiger partial charge in [-0.25, -0.2) is 0 Å². The van der Waals surface area contributed by atoms with E-state index in [0.29, 0.717) is 6.04 Å². The molecular weight excluding hydrogens is 236 g/mol. The monoisotopic (exact) mass is 258 g/mol. The Hall–Kier alpha value is -1.35.